The number of anilines is 1. The number of nitrogens with zero attached hydrogens (tertiary/aromatic N) is 2. The van der Waals surface area contributed by atoms with Gasteiger partial charge in [-0.2, -0.15) is 0 Å². The van der Waals surface area contributed by atoms with Crippen LogP contribution < -0.4 is 5.32 Å². The van der Waals surface area contributed by atoms with Gasteiger partial charge in [0.15, 0.2) is 5.69 Å². The van der Waals surface area contributed by atoms with Crippen molar-refractivity contribution in [2.24, 2.45) is 5.92 Å². The summed E-state index contributed by atoms with van der Waals surface area (Å²) in [7, 11) is 1.32. The molecule has 1 fully saturated rings. The molecule has 1 N–H and O–H groups in total. The third-order valence-electron chi connectivity index (χ3n) is 3.39. The fourth-order valence-corrected chi connectivity index (χ4v) is 2.18. The van der Waals surface area contributed by atoms with Gasteiger partial charge in [-0.25, -0.2) is 14.8 Å². The molecule has 1 aliphatic heterocycles. The summed E-state index contributed by atoms with van der Waals surface area (Å²) in [4.78, 5) is 19.4. The molecule has 6 nitrogen and oxygen atoms in total. The van der Waals surface area contributed by atoms with Crippen molar-refractivity contribution in [3.05, 3.63) is 18.1 Å². The molecule has 1 aromatic rings. The van der Waals surface area contributed by atoms with Gasteiger partial charge in [-0.05, 0) is 25.7 Å². The Labute approximate surface area is 112 Å². The van der Waals surface area contributed by atoms with Crippen molar-refractivity contribution >= 4 is 11.8 Å². The van der Waals surface area contributed by atoms with Crippen LogP contribution in [-0.4, -0.2) is 42.3 Å². The Kier molecular flexibility index (Phi) is 4.68. The summed E-state index contributed by atoms with van der Waals surface area (Å²) in [5.41, 5.74) is 0.215. The fraction of sp³-hybridized carbons (Fsp3) is 0.615. The first-order chi connectivity index (χ1) is 9.20. The van der Waals surface area contributed by atoms with Crippen LogP contribution >= 0.6 is 0 Å². The minimum atomic E-state index is -0.475. The second-order valence-corrected chi connectivity index (χ2v) is 4.66. The van der Waals surface area contributed by atoms with E-state index in [1.807, 2.05) is 0 Å². The maximum absolute atomic E-state index is 11.2. The molecule has 0 spiro atoms. The van der Waals surface area contributed by atoms with Gasteiger partial charge in [-0.1, -0.05) is 0 Å². The van der Waals surface area contributed by atoms with Gasteiger partial charge in [-0.15, -0.1) is 0 Å². The van der Waals surface area contributed by atoms with Crippen molar-refractivity contribution in [3.8, 4) is 0 Å². The topological polar surface area (TPSA) is 73.3 Å². The molecule has 2 rings (SSSR count). The minimum absolute atomic E-state index is 0.215. The monoisotopic (exact) mass is 265 g/mol. The number of carbonyl (C=O) groups is 1. The number of rotatable bonds is 4. The summed E-state index contributed by atoms with van der Waals surface area (Å²) in [6.45, 7) is 3.78. The van der Waals surface area contributed by atoms with E-state index in [2.05, 4.69) is 26.9 Å². The maximum atomic E-state index is 11.2. The molecule has 104 valence electrons. The van der Waals surface area contributed by atoms with Gasteiger partial charge in [0, 0.05) is 19.3 Å². The average molecular weight is 265 g/mol. The van der Waals surface area contributed by atoms with Gasteiger partial charge in [0.05, 0.1) is 19.5 Å². The smallest absolute Gasteiger partial charge is 0.358 e. The molecule has 19 heavy (non-hydrogen) atoms. The zero-order chi connectivity index (χ0) is 13.7. The van der Waals surface area contributed by atoms with Crippen LogP contribution in [0.4, 0.5) is 5.82 Å². The molecular weight excluding hydrogens is 246 g/mol. The summed E-state index contributed by atoms with van der Waals surface area (Å²) in [5.74, 6) is 0.777. The number of methoxy groups -OCH3 is 1. The third-order valence-corrected chi connectivity index (χ3v) is 3.39. The van der Waals surface area contributed by atoms with Gasteiger partial charge < -0.3 is 14.8 Å². The molecule has 1 saturated heterocycles. The van der Waals surface area contributed by atoms with E-state index in [9.17, 15) is 4.79 Å². The van der Waals surface area contributed by atoms with E-state index in [1.54, 1.807) is 6.20 Å². The minimum Gasteiger partial charge on any atom is -0.464 e. The number of hydrogen-bond acceptors (Lipinski definition) is 6. The number of nitrogens with one attached hydrogen (secondary N) is 1. The molecule has 1 unspecified atom stereocenters. The molecule has 1 aromatic heterocycles. The molecule has 0 aliphatic carbocycles. The Hall–Kier alpha value is -1.69. The summed E-state index contributed by atoms with van der Waals surface area (Å²) < 4.78 is 9.92. The van der Waals surface area contributed by atoms with Crippen LogP contribution in [0.15, 0.2) is 12.4 Å². The SMILES string of the molecule is COC(=O)c1cnc(NC(C)C2CCOCC2)cn1. The lowest BCUT2D eigenvalue weighted by Gasteiger charge is -2.28. The number of carbonyl (C=O) groups excluding carboxylic acids is 1. The second-order valence-electron chi connectivity index (χ2n) is 4.66. The van der Waals surface area contributed by atoms with Crippen molar-refractivity contribution in [2.45, 2.75) is 25.8 Å². The van der Waals surface area contributed by atoms with Gasteiger partial charge in [-0.3, -0.25) is 0 Å². The summed E-state index contributed by atoms with van der Waals surface area (Å²) in [6.07, 6.45) is 5.09. The van der Waals surface area contributed by atoms with E-state index in [-0.39, 0.29) is 5.69 Å². The van der Waals surface area contributed by atoms with Crippen molar-refractivity contribution < 1.29 is 14.3 Å². The summed E-state index contributed by atoms with van der Waals surface area (Å²) in [5, 5.41) is 3.31. The highest BCUT2D eigenvalue weighted by molar-refractivity contribution is 5.86. The second kappa shape index (κ2) is 6.47. The lowest BCUT2D eigenvalue weighted by atomic mass is 9.93. The van der Waals surface area contributed by atoms with Crippen molar-refractivity contribution in [1.29, 1.82) is 0 Å². The first kappa shape index (κ1) is 13.7. The largest absolute Gasteiger partial charge is 0.464 e. The first-order valence-electron chi connectivity index (χ1n) is 6.45. The molecule has 0 bridgehead atoms. The van der Waals surface area contributed by atoms with Gasteiger partial charge in [0.2, 0.25) is 0 Å². The Bertz CT molecular complexity index is 416. The average Bonchev–Trinajstić information content (AvgIpc) is 2.48. The van der Waals surface area contributed by atoms with Crippen LogP contribution in [0.5, 0.6) is 0 Å². The fourth-order valence-electron chi connectivity index (χ4n) is 2.18. The van der Waals surface area contributed by atoms with E-state index >= 15 is 0 Å². The normalized spacial score (nSPS) is 17.8. The van der Waals surface area contributed by atoms with Gasteiger partial charge in [0.1, 0.15) is 5.82 Å². The molecular formula is C13H19N3O3. The zero-order valence-electron chi connectivity index (χ0n) is 11.3. The standard InChI is InChI=1S/C13H19N3O3/c1-9(10-3-5-19-6-4-10)16-12-8-14-11(7-15-12)13(17)18-2/h7-10H,3-6H2,1-2H3,(H,15,16). The molecule has 6 heteroatoms. The van der Waals surface area contributed by atoms with E-state index in [0.29, 0.717) is 17.8 Å². The predicted molar refractivity (Wildman–Crippen MR) is 70.0 cm³/mol. The van der Waals surface area contributed by atoms with Crippen LogP contribution in [0.1, 0.15) is 30.3 Å². The van der Waals surface area contributed by atoms with Crippen molar-refractivity contribution in [1.82, 2.24) is 9.97 Å². The van der Waals surface area contributed by atoms with Crippen LogP contribution in [0.25, 0.3) is 0 Å². The highest BCUT2D eigenvalue weighted by Gasteiger charge is 2.20. The summed E-state index contributed by atoms with van der Waals surface area (Å²) >= 11 is 0. The van der Waals surface area contributed by atoms with Crippen LogP contribution in [-0.2, 0) is 9.47 Å². The van der Waals surface area contributed by atoms with Crippen LogP contribution in [0.2, 0.25) is 0 Å². The van der Waals surface area contributed by atoms with Crippen molar-refractivity contribution in [3.63, 3.8) is 0 Å². The highest BCUT2D eigenvalue weighted by Crippen LogP contribution is 2.20. The molecule has 0 aromatic carbocycles. The number of hydrogen-bond donors (Lipinski definition) is 1. The maximum Gasteiger partial charge on any atom is 0.358 e. The lowest BCUT2D eigenvalue weighted by Crippen LogP contribution is -2.31. The predicted octanol–water partition coefficient (Wildman–Crippen LogP) is 1.49. The Morgan fingerprint density at radius 2 is 2.16 bits per heavy atom. The zero-order valence-corrected chi connectivity index (χ0v) is 11.3. The Balaban J connectivity index is 1.93. The van der Waals surface area contributed by atoms with Crippen molar-refractivity contribution in [2.75, 3.05) is 25.6 Å². The van der Waals surface area contributed by atoms with E-state index < -0.39 is 5.97 Å². The highest BCUT2D eigenvalue weighted by atomic mass is 16.5. The van der Waals surface area contributed by atoms with E-state index in [4.69, 9.17) is 4.74 Å². The van der Waals surface area contributed by atoms with Gasteiger partial charge in [0.25, 0.3) is 0 Å². The van der Waals surface area contributed by atoms with E-state index in [1.165, 1.54) is 13.3 Å². The molecule has 0 radical (unpaired) electrons. The lowest BCUT2D eigenvalue weighted by molar-refractivity contribution is 0.0593. The van der Waals surface area contributed by atoms with E-state index in [0.717, 1.165) is 26.1 Å². The third kappa shape index (κ3) is 3.64. The van der Waals surface area contributed by atoms with Gasteiger partial charge >= 0.3 is 5.97 Å². The Morgan fingerprint density at radius 3 is 2.74 bits per heavy atom. The first-order valence-corrected chi connectivity index (χ1v) is 6.45. The van der Waals surface area contributed by atoms with Crippen LogP contribution in [0, 0.1) is 5.92 Å². The quantitative estimate of drug-likeness (QED) is 0.831. The molecule has 0 amide bonds. The van der Waals surface area contributed by atoms with Crippen LogP contribution in [0.3, 0.4) is 0 Å². The Morgan fingerprint density at radius 1 is 1.42 bits per heavy atom. The molecule has 1 atom stereocenters. The number of aromatic nitrogens is 2. The molecule has 1 aliphatic rings. The number of ether oxygens (including phenoxy) is 2. The summed E-state index contributed by atoms with van der Waals surface area (Å²) in [6, 6.07) is 0.308. The molecule has 2 heterocycles. The number of esters is 1. The molecule has 0 saturated carbocycles.